The normalized spacial score (nSPS) is 23.9. The van der Waals surface area contributed by atoms with E-state index in [0.29, 0.717) is 5.02 Å². The van der Waals surface area contributed by atoms with E-state index >= 15 is 4.39 Å². The number of pyridine rings is 1. The Bertz CT molecular complexity index is 1520. The van der Waals surface area contributed by atoms with Crippen LogP contribution in [0.25, 0.3) is 0 Å². The number of rotatable bonds is 5. The van der Waals surface area contributed by atoms with Crippen LogP contribution in [0.3, 0.4) is 0 Å². The molecule has 3 aromatic rings. The second-order valence-electron chi connectivity index (χ2n) is 9.18. The third kappa shape index (κ3) is 3.99. The van der Waals surface area contributed by atoms with E-state index in [1.165, 1.54) is 36.5 Å². The van der Waals surface area contributed by atoms with Gasteiger partial charge in [0.15, 0.2) is 36.3 Å². The van der Waals surface area contributed by atoms with Gasteiger partial charge in [-0.15, -0.1) is 0 Å². The zero-order chi connectivity index (χ0) is 25.7. The van der Waals surface area contributed by atoms with Crippen LogP contribution in [0.1, 0.15) is 24.8 Å². The maximum atomic E-state index is 15.3. The lowest BCUT2D eigenvalue weighted by atomic mass is 9.69. The summed E-state index contributed by atoms with van der Waals surface area (Å²) in [5.74, 6) is -3.61. The lowest BCUT2D eigenvalue weighted by molar-refractivity contribution is 0.103. The van der Waals surface area contributed by atoms with E-state index in [-0.39, 0.29) is 47.1 Å². The Morgan fingerprint density at radius 3 is 2.42 bits per heavy atom. The van der Waals surface area contributed by atoms with E-state index in [0.717, 1.165) is 12.1 Å². The van der Waals surface area contributed by atoms with Crippen LogP contribution >= 0.6 is 11.6 Å². The van der Waals surface area contributed by atoms with Gasteiger partial charge in [-0.3, -0.25) is 0 Å². The summed E-state index contributed by atoms with van der Waals surface area (Å²) in [5, 5.41) is 0.269. The number of nitrogens with zero attached hydrogens (tertiary/aromatic N) is 1. The first kappa shape index (κ1) is 25.1. The molecule has 1 aliphatic heterocycles. The van der Waals surface area contributed by atoms with Gasteiger partial charge in [0.1, 0.15) is 10.6 Å². The summed E-state index contributed by atoms with van der Waals surface area (Å²) in [5.41, 5.74) is -0.334. The Hall–Kier alpha value is -2.56. The summed E-state index contributed by atoms with van der Waals surface area (Å²) >= 11 is 5.96. The van der Waals surface area contributed by atoms with Gasteiger partial charge in [-0.25, -0.2) is 30.6 Å². The molecule has 2 aliphatic rings. The molecule has 5 rings (SSSR count). The van der Waals surface area contributed by atoms with Crippen molar-refractivity contribution in [3.63, 3.8) is 0 Å². The van der Waals surface area contributed by atoms with Gasteiger partial charge < -0.3 is 4.74 Å². The fraction of sp³-hybridized carbons (Fsp3) is 0.320. The molecule has 0 unspecified atom stereocenters. The molecule has 1 aromatic heterocycles. The fourth-order valence-corrected chi connectivity index (χ4v) is 9.60. The highest BCUT2D eigenvalue weighted by Gasteiger charge is 2.59. The molecule has 0 spiro atoms. The van der Waals surface area contributed by atoms with Crippen LogP contribution in [0.2, 0.25) is 5.02 Å². The largest absolute Gasteiger partial charge is 0.490 e. The third-order valence-electron chi connectivity index (χ3n) is 7.13. The SMILES string of the molecule is O=S(=O)(C[C@H]1CC[C@]2(S(=O)(=O)c3ccc(Cl)cc3)c3c(F)ccc(F)c3OC[C@@H]2C1)c1ccccn1. The molecule has 2 heterocycles. The van der Waals surface area contributed by atoms with Crippen LogP contribution in [-0.4, -0.2) is 34.2 Å². The van der Waals surface area contributed by atoms with Gasteiger partial charge in [0, 0.05) is 17.1 Å². The summed E-state index contributed by atoms with van der Waals surface area (Å²) in [6.07, 6.45) is 1.60. The summed E-state index contributed by atoms with van der Waals surface area (Å²) in [4.78, 5) is 3.86. The highest BCUT2D eigenvalue weighted by atomic mass is 35.5. The zero-order valence-electron chi connectivity index (χ0n) is 18.9. The number of sulfone groups is 2. The van der Waals surface area contributed by atoms with Crippen molar-refractivity contribution in [2.45, 2.75) is 33.9 Å². The van der Waals surface area contributed by atoms with Crippen molar-refractivity contribution in [1.29, 1.82) is 0 Å². The highest BCUT2D eigenvalue weighted by Crippen LogP contribution is 2.57. The minimum Gasteiger partial charge on any atom is -0.490 e. The highest BCUT2D eigenvalue weighted by molar-refractivity contribution is 7.92. The monoisotopic (exact) mass is 553 g/mol. The predicted octanol–water partition coefficient (Wildman–Crippen LogP) is 4.97. The first-order valence-electron chi connectivity index (χ1n) is 11.3. The molecule has 1 fully saturated rings. The molecule has 1 aliphatic carbocycles. The van der Waals surface area contributed by atoms with Gasteiger partial charge in [0.2, 0.25) is 0 Å². The van der Waals surface area contributed by atoms with Crippen LogP contribution in [0.15, 0.2) is 70.7 Å². The van der Waals surface area contributed by atoms with Gasteiger partial charge >= 0.3 is 0 Å². The van der Waals surface area contributed by atoms with E-state index in [1.54, 1.807) is 12.1 Å². The van der Waals surface area contributed by atoms with Crippen molar-refractivity contribution in [3.05, 3.63) is 83.0 Å². The molecule has 11 heteroatoms. The molecule has 0 bridgehead atoms. The fourth-order valence-electron chi connectivity index (χ4n) is 5.51. The maximum Gasteiger partial charge on any atom is 0.195 e. The van der Waals surface area contributed by atoms with Crippen LogP contribution in [0.5, 0.6) is 5.75 Å². The van der Waals surface area contributed by atoms with Crippen LogP contribution < -0.4 is 4.74 Å². The van der Waals surface area contributed by atoms with E-state index in [1.807, 2.05) is 0 Å². The number of hydrogen-bond acceptors (Lipinski definition) is 6. The Kier molecular flexibility index (Phi) is 6.33. The molecule has 0 amide bonds. The first-order valence-corrected chi connectivity index (χ1v) is 14.8. The molecule has 0 N–H and O–H groups in total. The van der Waals surface area contributed by atoms with Crippen LogP contribution in [0, 0.1) is 23.5 Å². The summed E-state index contributed by atoms with van der Waals surface area (Å²) < 4.78 is 88.1. The van der Waals surface area contributed by atoms with Crippen molar-refractivity contribution in [2.75, 3.05) is 12.4 Å². The van der Waals surface area contributed by atoms with Gasteiger partial charge in [0.25, 0.3) is 0 Å². The summed E-state index contributed by atoms with van der Waals surface area (Å²) in [7, 11) is -8.01. The Morgan fingerprint density at radius 2 is 1.72 bits per heavy atom. The van der Waals surface area contributed by atoms with Crippen molar-refractivity contribution in [1.82, 2.24) is 4.98 Å². The second kappa shape index (κ2) is 9.08. The first-order chi connectivity index (χ1) is 17.1. The molecule has 190 valence electrons. The number of fused-ring (bicyclic) bond motifs is 3. The molecule has 0 saturated heterocycles. The van der Waals surface area contributed by atoms with Crippen molar-refractivity contribution >= 4 is 31.3 Å². The molecule has 6 nitrogen and oxygen atoms in total. The standard InChI is InChI=1S/C25H22ClF2NO5S2/c26-18-4-6-19(7-5-18)36(32,33)25-11-10-16(15-35(30,31)22-3-1-2-12-29-22)13-17(25)14-34-24-21(28)9-8-20(27)23(24)25/h1-9,12,16-17H,10-11,13-15H2/t16-,17-,25+/m0/s1. The van der Waals surface area contributed by atoms with Gasteiger partial charge in [-0.2, -0.15) is 0 Å². The average molecular weight is 554 g/mol. The number of ether oxygens (including phenoxy) is 1. The van der Waals surface area contributed by atoms with Crippen molar-refractivity contribution in [3.8, 4) is 5.75 Å². The van der Waals surface area contributed by atoms with Crippen LogP contribution in [0.4, 0.5) is 8.78 Å². The van der Waals surface area contributed by atoms with E-state index in [4.69, 9.17) is 16.3 Å². The molecule has 3 atom stereocenters. The summed E-state index contributed by atoms with van der Waals surface area (Å²) in [6.45, 7) is -0.194. The molecular formula is C25H22ClF2NO5S2. The summed E-state index contributed by atoms with van der Waals surface area (Å²) in [6, 6.07) is 11.9. The topological polar surface area (TPSA) is 90.4 Å². The lowest BCUT2D eigenvalue weighted by Crippen LogP contribution is -2.52. The maximum absolute atomic E-state index is 15.3. The van der Waals surface area contributed by atoms with Crippen molar-refractivity contribution in [2.24, 2.45) is 11.8 Å². The van der Waals surface area contributed by atoms with E-state index in [2.05, 4.69) is 4.98 Å². The zero-order valence-corrected chi connectivity index (χ0v) is 21.3. The molecule has 1 saturated carbocycles. The Balaban J connectivity index is 1.59. The number of hydrogen-bond donors (Lipinski definition) is 0. The Morgan fingerprint density at radius 1 is 1.00 bits per heavy atom. The van der Waals surface area contributed by atoms with E-state index in [9.17, 15) is 21.2 Å². The molecular weight excluding hydrogens is 532 g/mol. The van der Waals surface area contributed by atoms with Gasteiger partial charge in [-0.05, 0) is 73.7 Å². The average Bonchev–Trinajstić information content (AvgIpc) is 2.86. The quantitative estimate of drug-likeness (QED) is 0.443. The number of aromatic nitrogens is 1. The van der Waals surface area contributed by atoms with Crippen LogP contribution in [-0.2, 0) is 24.4 Å². The van der Waals surface area contributed by atoms with E-state index < -0.39 is 53.6 Å². The molecule has 0 radical (unpaired) electrons. The lowest BCUT2D eigenvalue weighted by Gasteiger charge is -2.49. The Labute approximate surface area is 213 Å². The second-order valence-corrected chi connectivity index (χ2v) is 13.8. The van der Waals surface area contributed by atoms with Gasteiger partial charge in [0.05, 0.1) is 22.8 Å². The molecule has 36 heavy (non-hydrogen) atoms. The minimum absolute atomic E-state index is 0.0611. The van der Waals surface area contributed by atoms with Gasteiger partial charge in [-0.1, -0.05) is 17.7 Å². The number of benzene rings is 2. The predicted molar refractivity (Wildman–Crippen MR) is 129 cm³/mol. The number of halogens is 3. The minimum atomic E-state index is -4.28. The van der Waals surface area contributed by atoms with Crippen molar-refractivity contribution < 1.29 is 30.4 Å². The smallest absolute Gasteiger partial charge is 0.195 e. The third-order valence-corrected chi connectivity index (χ3v) is 11.8. The molecule has 2 aromatic carbocycles.